The molecule has 0 spiro atoms. The second-order valence-corrected chi connectivity index (χ2v) is 8.20. The van der Waals surface area contributed by atoms with Crippen molar-refractivity contribution >= 4 is 27.1 Å². The molecule has 3 aromatic rings. The van der Waals surface area contributed by atoms with E-state index in [9.17, 15) is 8.42 Å². The molecule has 0 fully saturated rings. The van der Waals surface area contributed by atoms with E-state index in [1.165, 1.54) is 13.4 Å². The summed E-state index contributed by atoms with van der Waals surface area (Å²) >= 11 is 6.09. The van der Waals surface area contributed by atoms with E-state index in [1.807, 2.05) is 0 Å². The van der Waals surface area contributed by atoms with Crippen molar-refractivity contribution in [3.8, 4) is 17.1 Å². The van der Waals surface area contributed by atoms with Crippen molar-refractivity contribution in [1.82, 2.24) is 15.2 Å². The third-order valence-corrected chi connectivity index (χ3v) is 5.27. The minimum atomic E-state index is -3.21. The van der Waals surface area contributed by atoms with Crippen molar-refractivity contribution < 1.29 is 13.2 Å². The molecule has 136 valence electrons. The Labute approximate surface area is 156 Å². The highest BCUT2D eigenvalue weighted by Gasteiger charge is 2.15. The van der Waals surface area contributed by atoms with Gasteiger partial charge in [-0.3, -0.25) is 5.10 Å². The number of aromatic nitrogens is 3. The molecule has 0 aliphatic carbocycles. The number of H-pyrrole nitrogens is 1. The maximum absolute atomic E-state index is 11.5. The van der Waals surface area contributed by atoms with Gasteiger partial charge in [-0.25, -0.2) is 13.4 Å². The molecule has 26 heavy (non-hydrogen) atoms. The highest BCUT2D eigenvalue weighted by Crippen LogP contribution is 2.34. The quantitative estimate of drug-likeness (QED) is 0.646. The van der Waals surface area contributed by atoms with Crippen LogP contribution >= 0.6 is 11.6 Å². The van der Waals surface area contributed by atoms with E-state index in [4.69, 9.17) is 22.1 Å². The molecule has 1 aromatic heterocycles. The van der Waals surface area contributed by atoms with Gasteiger partial charge < -0.3 is 10.5 Å². The molecule has 9 heteroatoms. The zero-order valence-corrected chi connectivity index (χ0v) is 15.7. The van der Waals surface area contributed by atoms with Crippen LogP contribution in [0.3, 0.4) is 0 Å². The molecule has 3 rings (SSSR count). The average molecular weight is 393 g/mol. The summed E-state index contributed by atoms with van der Waals surface area (Å²) in [5.41, 5.74) is 7.73. The Bertz CT molecular complexity index is 1050. The maximum atomic E-state index is 11.5. The van der Waals surface area contributed by atoms with E-state index < -0.39 is 9.84 Å². The minimum Gasteiger partial charge on any atom is -0.496 e. The number of nitrogens with zero attached hydrogens (tertiary/aromatic N) is 2. The molecule has 0 aliphatic heterocycles. The number of sulfone groups is 1. The fourth-order valence-electron chi connectivity index (χ4n) is 2.46. The van der Waals surface area contributed by atoms with Crippen molar-refractivity contribution in [2.24, 2.45) is 0 Å². The lowest BCUT2D eigenvalue weighted by molar-refractivity contribution is 0.416. The van der Waals surface area contributed by atoms with Crippen molar-refractivity contribution in [2.75, 3.05) is 19.1 Å². The molecule has 0 aliphatic rings. The first kappa shape index (κ1) is 18.2. The molecule has 1 heterocycles. The van der Waals surface area contributed by atoms with Gasteiger partial charge in [0.2, 0.25) is 0 Å². The Morgan fingerprint density at radius 2 is 1.92 bits per heavy atom. The fourth-order valence-corrected chi connectivity index (χ4v) is 3.25. The van der Waals surface area contributed by atoms with E-state index in [0.29, 0.717) is 40.1 Å². The summed E-state index contributed by atoms with van der Waals surface area (Å²) in [5, 5.41) is 7.47. The van der Waals surface area contributed by atoms with E-state index in [2.05, 4.69) is 15.2 Å². The number of methoxy groups -OCH3 is 1. The number of benzene rings is 2. The van der Waals surface area contributed by atoms with Gasteiger partial charge in [-0.2, -0.15) is 5.10 Å². The first-order valence-corrected chi connectivity index (χ1v) is 9.88. The molecule has 0 bridgehead atoms. The van der Waals surface area contributed by atoms with Crippen molar-refractivity contribution in [3.05, 3.63) is 52.8 Å². The third-order valence-electron chi connectivity index (χ3n) is 3.81. The largest absolute Gasteiger partial charge is 0.496 e. The zero-order valence-electron chi connectivity index (χ0n) is 14.2. The number of nitrogens with one attached hydrogen (secondary N) is 1. The molecule has 0 saturated carbocycles. The Morgan fingerprint density at radius 3 is 2.54 bits per heavy atom. The SMILES string of the molecule is COc1cc(N)c(Cl)cc1-c1n[nH]c(Cc2ccc(S(C)(=O)=O)cc2)n1. The van der Waals surface area contributed by atoms with Gasteiger partial charge in [0.05, 0.1) is 28.3 Å². The smallest absolute Gasteiger partial charge is 0.184 e. The van der Waals surface area contributed by atoms with Gasteiger partial charge in [0, 0.05) is 18.7 Å². The molecule has 0 saturated heterocycles. The summed E-state index contributed by atoms with van der Waals surface area (Å²) in [7, 11) is -1.68. The lowest BCUT2D eigenvalue weighted by Crippen LogP contribution is -1.98. The first-order chi connectivity index (χ1) is 12.3. The van der Waals surface area contributed by atoms with Crippen LogP contribution in [0.25, 0.3) is 11.4 Å². The minimum absolute atomic E-state index is 0.278. The van der Waals surface area contributed by atoms with Gasteiger partial charge in [0.1, 0.15) is 11.6 Å². The molecule has 0 radical (unpaired) electrons. The molecule has 0 amide bonds. The summed E-state index contributed by atoms with van der Waals surface area (Å²) in [6, 6.07) is 9.93. The fraction of sp³-hybridized carbons (Fsp3) is 0.176. The Balaban J connectivity index is 1.86. The highest BCUT2D eigenvalue weighted by molar-refractivity contribution is 7.90. The molecule has 7 nitrogen and oxygen atoms in total. The second kappa shape index (κ2) is 6.97. The van der Waals surface area contributed by atoms with Crippen LogP contribution < -0.4 is 10.5 Å². The van der Waals surface area contributed by atoms with Crippen molar-refractivity contribution in [3.63, 3.8) is 0 Å². The van der Waals surface area contributed by atoms with Crippen LogP contribution in [-0.4, -0.2) is 37.0 Å². The second-order valence-electron chi connectivity index (χ2n) is 5.77. The molecular formula is C17H17ClN4O3S. The summed E-state index contributed by atoms with van der Waals surface area (Å²) in [4.78, 5) is 4.74. The van der Waals surface area contributed by atoms with E-state index in [-0.39, 0.29) is 4.90 Å². The lowest BCUT2D eigenvalue weighted by Gasteiger charge is -2.07. The number of anilines is 1. The number of halogens is 1. The predicted octanol–water partition coefficient (Wildman–Crippen LogP) is 2.71. The number of aromatic amines is 1. The topological polar surface area (TPSA) is 111 Å². The average Bonchev–Trinajstić information content (AvgIpc) is 3.05. The summed E-state index contributed by atoms with van der Waals surface area (Å²) in [5.74, 6) is 1.59. The number of hydrogen-bond donors (Lipinski definition) is 2. The number of nitrogens with two attached hydrogens (primary N) is 1. The van der Waals surface area contributed by atoms with Crippen LogP contribution in [0.15, 0.2) is 41.3 Å². The van der Waals surface area contributed by atoms with Crippen LogP contribution in [-0.2, 0) is 16.3 Å². The Kier molecular flexibility index (Phi) is 4.88. The third kappa shape index (κ3) is 3.81. The summed E-state index contributed by atoms with van der Waals surface area (Å²) in [6.45, 7) is 0. The number of rotatable bonds is 5. The standard InChI is InChI=1S/C17H17ClN4O3S/c1-25-15-9-14(19)13(18)8-12(15)17-20-16(21-22-17)7-10-3-5-11(6-4-10)26(2,23)24/h3-6,8-9H,7,19H2,1-2H3,(H,20,21,22). The Morgan fingerprint density at radius 1 is 1.23 bits per heavy atom. The van der Waals surface area contributed by atoms with Gasteiger partial charge >= 0.3 is 0 Å². The normalized spacial score (nSPS) is 11.5. The number of hydrogen-bond acceptors (Lipinski definition) is 6. The van der Waals surface area contributed by atoms with Gasteiger partial charge in [-0.15, -0.1) is 0 Å². The van der Waals surface area contributed by atoms with E-state index >= 15 is 0 Å². The highest BCUT2D eigenvalue weighted by atomic mass is 35.5. The molecule has 0 atom stereocenters. The maximum Gasteiger partial charge on any atom is 0.184 e. The predicted molar refractivity (Wildman–Crippen MR) is 100 cm³/mol. The van der Waals surface area contributed by atoms with E-state index in [0.717, 1.165) is 5.56 Å². The summed E-state index contributed by atoms with van der Waals surface area (Å²) < 4.78 is 28.3. The van der Waals surface area contributed by atoms with Crippen LogP contribution in [0.2, 0.25) is 5.02 Å². The van der Waals surface area contributed by atoms with E-state index in [1.54, 1.807) is 36.4 Å². The zero-order chi connectivity index (χ0) is 18.9. The number of nitrogen functional groups attached to an aromatic ring is 1. The molecule has 3 N–H and O–H groups in total. The van der Waals surface area contributed by atoms with Gasteiger partial charge in [0.25, 0.3) is 0 Å². The van der Waals surface area contributed by atoms with Gasteiger partial charge in [-0.1, -0.05) is 23.7 Å². The molecule has 0 unspecified atom stereocenters. The molecule has 2 aromatic carbocycles. The van der Waals surface area contributed by atoms with Gasteiger partial charge in [0.15, 0.2) is 15.7 Å². The summed E-state index contributed by atoms with van der Waals surface area (Å²) in [6.07, 6.45) is 1.65. The van der Waals surface area contributed by atoms with Crippen LogP contribution in [0, 0.1) is 0 Å². The Hall–Kier alpha value is -2.58. The lowest BCUT2D eigenvalue weighted by atomic mass is 10.1. The van der Waals surface area contributed by atoms with Crippen LogP contribution in [0.5, 0.6) is 5.75 Å². The van der Waals surface area contributed by atoms with Crippen LogP contribution in [0.1, 0.15) is 11.4 Å². The monoisotopic (exact) mass is 392 g/mol. The van der Waals surface area contributed by atoms with Crippen molar-refractivity contribution in [1.29, 1.82) is 0 Å². The van der Waals surface area contributed by atoms with Gasteiger partial charge in [-0.05, 0) is 23.8 Å². The molecular weight excluding hydrogens is 376 g/mol. The number of ether oxygens (including phenoxy) is 1. The first-order valence-electron chi connectivity index (χ1n) is 7.61. The van der Waals surface area contributed by atoms with Crippen molar-refractivity contribution in [2.45, 2.75) is 11.3 Å². The van der Waals surface area contributed by atoms with Crippen LogP contribution in [0.4, 0.5) is 5.69 Å².